The van der Waals surface area contributed by atoms with Crippen molar-refractivity contribution < 1.29 is 14.3 Å². The monoisotopic (exact) mass is 381 g/mol. The van der Waals surface area contributed by atoms with Gasteiger partial charge in [-0.15, -0.1) is 0 Å². The van der Waals surface area contributed by atoms with E-state index in [0.29, 0.717) is 24.5 Å². The Hall–Kier alpha value is -3.42. The molecule has 0 radical (unpaired) electrons. The van der Waals surface area contributed by atoms with Crippen LogP contribution in [0.5, 0.6) is 5.75 Å². The molecule has 0 unspecified atom stereocenters. The van der Waals surface area contributed by atoms with Gasteiger partial charge in [0.05, 0.1) is 24.2 Å². The topological polar surface area (TPSA) is 114 Å². The molecular formula is C20H23N5O3. The number of benzene rings is 1. The molecule has 0 bridgehead atoms. The molecule has 8 nitrogen and oxygen atoms in total. The number of carbonyl (C=O) groups is 2. The van der Waals surface area contributed by atoms with Crippen LogP contribution in [-0.4, -0.2) is 40.7 Å². The molecule has 8 heteroatoms. The van der Waals surface area contributed by atoms with Crippen molar-refractivity contribution in [1.82, 2.24) is 15.2 Å². The zero-order valence-corrected chi connectivity index (χ0v) is 16.1. The SMILES string of the molecule is CC(C)c1ccc2[nH]nc(C(N)=O)c2n1.CN1C(=O)CCOc2ccccc21. The van der Waals surface area contributed by atoms with Gasteiger partial charge >= 0.3 is 0 Å². The number of para-hydroxylation sites is 2. The van der Waals surface area contributed by atoms with E-state index in [1.54, 1.807) is 11.9 Å². The Bertz CT molecular complexity index is 1010. The van der Waals surface area contributed by atoms with E-state index in [-0.39, 0.29) is 11.6 Å². The van der Waals surface area contributed by atoms with Gasteiger partial charge in [0.1, 0.15) is 11.3 Å². The summed E-state index contributed by atoms with van der Waals surface area (Å²) in [4.78, 5) is 28.5. The summed E-state index contributed by atoms with van der Waals surface area (Å²) < 4.78 is 5.43. The summed E-state index contributed by atoms with van der Waals surface area (Å²) in [7, 11) is 1.77. The first-order valence-electron chi connectivity index (χ1n) is 9.01. The Balaban J connectivity index is 0.000000162. The Labute approximate surface area is 162 Å². The lowest BCUT2D eigenvalue weighted by Crippen LogP contribution is -2.24. The van der Waals surface area contributed by atoms with E-state index in [1.165, 1.54) is 0 Å². The number of H-pyrrole nitrogens is 1. The molecule has 2 aromatic heterocycles. The van der Waals surface area contributed by atoms with Crippen LogP contribution in [0.15, 0.2) is 36.4 Å². The van der Waals surface area contributed by atoms with E-state index in [1.807, 2.05) is 50.2 Å². The summed E-state index contributed by atoms with van der Waals surface area (Å²) in [5, 5.41) is 6.56. The van der Waals surface area contributed by atoms with Crippen LogP contribution in [0.4, 0.5) is 5.69 Å². The molecule has 3 aromatic rings. The van der Waals surface area contributed by atoms with Crippen LogP contribution < -0.4 is 15.4 Å². The number of hydrogen-bond acceptors (Lipinski definition) is 5. The molecule has 1 aliphatic heterocycles. The average Bonchev–Trinajstić information content (AvgIpc) is 3.05. The normalized spacial score (nSPS) is 13.4. The number of aromatic amines is 1. The van der Waals surface area contributed by atoms with Crippen LogP contribution in [0.25, 0.3) is 11.0 Å². The summed E-state index contributed by atoms with van der Waals surface area (Å²) in [5.41, 5.74) is 8.44. The lowest BCUT2D eigenvalue weighted by atomic mass is 10.1. The minimum absolute atomic E-state index is 0.102. The quantitative estimate of drug-likeness (QED) is 0.708. The highest BCUT2D eigenvalue weighted by molar-refractivity contribution is 6.02. The second-order valence-electron chi connectivity index (χ2n) is 6.74. The third-order valence-electron chi connectivity index (χ3n) is 4.43. The Kier molecular flexibility index (Phi) is 5.58. The lowest BCUT2D eigenvalue weighted by molar-refractivity contribution is -0.118. The molecule has 0 saturated carbocycles. The van der Waals surface area contributed by atoms with Crippen LogP contribution in [0.1, 0.15) is 42.4 Å². The number of hydrogen-bond donors (Lipinski definition) is 2. The Morgan fingerprint density at radius 1 is 1.25 bits per heavy atom. The van der Waals surface area contributed by atoms with Crippen molar-refractivity contribution >= 4 is 28.5 Å². The summed E-state index contributed by atoms with van der Waals surface area (Å²) >= 11 is 0. The number of anilines is 1. The van der Waals surface area contributed by atoms with Crippen LogP contribution in [0.2, 0.25) is 0 Å². The molecule has 1 aliphatic rings. The summed E-state index contributed by atoms with van der Waals surface area (Å²) in [6, 6.07) is 11.3. The zero-order valence-electron chi connectivity index (χ0n) is 16.1. The van der Waals surface area contributed by atoms with Crippen molar-refractivity contribution in [3.8, 4) is 5.75 Å². The number of fused-ring (bicyclic) bond motifs is 2. The van der Waals surface area contributed by atoms with Crippen LogP contribution in [0.3, 0.4) is 0 Å². The van der Waals surface area contributed by atoms with Crippen molar-refractivity contribution in [2.24, 2.45) is 5.73 Å². The molecule has 0 spiro atoms. The largest absolute Gasteiger partial charge is 0.491 e. The second-order valence-corrected chi connectivity index (χ2v) is 6.74. The minimum atomic E-state index is -0.561. The fourth-order valence-electron chi connectivity index (χ4n) is 2.81. The molecule has 2 amide bonds. The fourth-order valence-corrected chi connectivity index (χ4v) is 2.81. The standard InChI is InChI=1S/C10H12N4O.C10H11NO2/c1-5(2)6-3-4-7-8(12-6)9(10(11)15)14-13-7;1-11-8-4-2-3-5-9(8)13-7-6-10(11)12/h3-5H,1-2H3,(H2,11,15)(H,13,14);2-5H,6-7H2,1H3. The highest BCUT2D eigenvalue weighted by Gasteiger charge is 2.18. The van der Waals surface area contributed by atoms with Crippen molar-refractivity contribution in [2.75, 3.05) is 18.6 Å². The number of nitrogens with zero attached hydrogens (tertiary/aromatic N) is 3. The zero-order chi connectivity index (χ0) is 20.3. The molecule has 28 heavy (non-hydrogen) atoms. The number of nitrogens with one attached hydrogen (secondary N) is 1. The smallest absolute Gasteiger partial charge is 0.271 e. The fraction of sp³-hybridized carbons (Fsp3) is 0.300. The van der Waals surface area contributed by atoms with E-state index in [0.717, 1.165) is 22.6 Å². The van der Waals surface area contributed by atoms with Gasteiger partial charge in [0.2, 0.25) is 5.91 Å². The molecule has 0 saturated heterocycles. The molecule has 0 atom stereocenters. The van der Waals surface area contributed by atoms with Gasteiger partial charge in [-0.3, -0.25) is 14.7 Å². The van der Waals surface area contributed by atoms with Gasteiger partial charge in [-0.05, 0) is 30.2 Å². The average molecular weight is 381 g/mol. The van der Waals surface area contributed by atoms with Crippen molar-refractivity contribution in [3.05, 3.63) is 47.8 Å². The number of pyridine rings is 1. The molecular weight excluding hydrogens is 358 g/mol. The highest BCUT2D eigenvalue weighted by atomic mass is 16.5. The van der Waals surface area contributed by atoms with Crippen LogP contribution >= 0.6 is 0 Å². The number of ether oxygens (including phenoxy) is 1. The number of aromatic nitrogens is 3. The van der Waals surface area contributed by atoms with Crippen molar-refractivity contribution in [3.63, 3.8) is 0 Å². The van der Waals surface area contributed by atoms with E-state index in [4.69, 9.17) is 10.5 Å². The summed E-state index contributed by atoms with van der Waals surface area (Å²) in [6.45, 7) is 4.55. The van der Waals surface area contributed by atoms with Crippen molar-refractivity contribution in [1.29, 1.82) is 0 Å². The maximum atomic E-state index is 11.4. The first kappa shape index (κ1) is 19.3. The molecule has 1 aromatic carbocycles. The molecule has 3 N–H and O–H groups in total. The third kappa shape index (κ3) is 3.95. The van der Waals surface area contributed by atoms with Gasteiger partial charge in [0.15, 0.2) is 5.69 Å². The molecule has 3 heterocycles. The van der Waals surface area contributed by atoms with Gasteiger partial charge in [0, 0.05) is 12.7 Å². The number of carbonyl (C=O) groups excluding carboxylic acids is 2. The number of rotatable bonds is 2. The maximum Gasteiger partial charge on any atom is 0.271 e. The van der Waals surface area contributed by atoms with E-state index < -0.39 is 5.91 Å². The third-order valence-corrected chi connectivity index (χ3v) is 4.43. The van der Waals surface area contributed by atoms with E-state index in [2.05, 4.69) is 15.2 Å². The number of nitrogens with two attached hydrogens (primary N) is 1. The van der Waals surface area contributed by atoms with Gasteiger partial charge in [-0.2, -0.15) is 5.10 Å². The van der Waals surface area contributed by atoms with Gasteiger partial charge in [0.25, 0.3) is 5.91 Å². The van der Waals surface area contributed by atoms with Crippen LogP contribution in [-0.2, 0) is 4.79 Å². The number of amides is 2. The van der Waals surface area contributed by atoms with Gasteiger partial charge in [-0.25, -0.2) is 4.98 Å². The van der Waals surface area contributed by atoms with E-state index >= 15 is 0 Å². The molecule has 4 rings (SSSR count). The molecule has 0 aliphatic carbocycles. The predicted molar refractivity (Wildman–Crippen MR) is 106 cm³/mol. The van der Waals surface area contributed by atoms with Gasteiger partial charge < -0.3 is 15.4 Å². The summed E-state index contributed by atoms with van der Waals surface area (Å²) in [6.07, 6.45) is 0.450. The minimum Gasteiger partial charge on any atom is -0.491 e. The van der Waals surface area contributed by atoms with Crippen molar-refractivity contribution in [2.45, 2.75) is 26.2 Å². The molecule has 146 valence electrons. The maximum absolute atomic E-state index is 11.4. The van der Waals surface area contributed by atoms with Crippen LogP contribution in [0, 0.1) is 0 Å². The second kappa shape index (κ2) is 8.08. The predicted octanol–water partition coefficient (Wildman–Crippen LogP) is 2.61. The highest BCUT2D eigenvalue weighted by Crippen LogP contribution is 2.29. The Morgan fingerprint density at radius 3 is 2.71 bits per heavy atom. The Morgan fingerprint density at radius 2 is 2.00 bits per heavy atom. The first-order valence-corrected chi connectivity index (χ1v) is 9.01. The van der Waals surface area contributed by atoms with Gasteiger partial charge in [-0.1, -0.05) is 26.0 Å². The summed E-state index contributed by atoms with van der Waals surface area (Å²) in [5.74, 6) is 0.639. The first-order chi connectivity index (χ1) is 13.4. The molecule has 0 fully saturated rings. The number of primary amides is 1. The lowest BCUT2D eigenvalue weighted by Gasteiger charge is -2.15. The van der Waals surface area contributed by atoms with E-state index in [9.17, 15) is 9.59 Å².